The number of nitrogens with zero attached hydrogens (tertiary/aromatic N) is 6. The van der Waals surface area contributed by atoms with E-state index in [1.165, 1.54) is 12.1 Å². The third-order valence-corrected chi connectivity index (χ3v) is 4.95. The highest BCUT2D eigenvalue weighted by Crippen LogP contribution is 2.36. The summed E-state index contributed by atoms with van der Waals surface area (Å²) in [6.07, 6.45) is 2.07. The van der Waals surface area contributed by atoms with Crippen molar-refractivity contribution in [3.05, 3.63) is 63.1 Å². The number of nitro groups is 1. The second-order valence-corrected chi connectivity index (χ2v) is 7.17. The summed E-state index contributed by atoms with van der Waals surface area (Å²) in [5.41, 5.74) is 1.41. The average Bonchev–Trinajstić information content (AvgIpc) is 3.39. The molecule has 0 atom stereocenters. The van der Waals surface area contributed by atoms with Crippen LogP contribution >= 0.6 is 0 Å². The Hall–Kier alpha value is -4.35. The lowest BCUT2D eigenvalue weighted by Gasteiger charge is -2.08. The number of benzene rings is 2. The Bertz CT molecular complexity index is 1380. The molecular weight excluding hydrogens is 406 g/mol. The molecule has 1 amide bonds. The molecule has 5 rings (SSSR count). The van der Waals surface area contributed by atoms with Crippen LogP contribution in [0.1, 0.15) is 18.9 Å². The highest BCUT2D eigenvalue weighted by molar-refractivity contribution is 5.92. The summed E-state index contributed by atoms with van der Waals surface area (Å²) < 4.78 is 7.94. The van der Waals surface area contributed by atoms with E-state index in [0.717, 1.165) is 29.0 Å². The molecule has 2 aromatic heterocycles. The van der Waals surface area contributed by atoms with Crippen molar-refractivity contribution in [2.45, 2.75) is 25.4 Å². The van der Waals surface area contributed by atoms with E-state index in [-0.39, 0.29) is 17.8 Å². The van der Waals surface area contributed by atoms with Crippen molar-refractivity contribution >= 4 is 28.4 Å². The number of hydrogen-bond donors (Lipinski definition) is 1. The molecule has 0 bridgehead atoms. The van der Waals surface area contributed by atoms with E-state index in [0.29, 0.717) is 23.1 Å². The zero-order valence-corrected chi connectivity index (χ0v) is 16.0. The molecule has 0 aliphatic heterocycles. The molecule has 0 spiro atoms. The van der Waals surface area contributed by atoms with Crippen LogP contribution in [-0.2, 0) is 11.3 Å². The van der Waals surface area contributed by atoms with Gasteiger partial charge in [0, 0.05) is 17.3 Å². The van der Waals surface area contributed by atoms with Gasteiger partial charge in [-0.05, 0) is 41.5 Å². The molecule has 0 unspecified atom stereocenters. The van der Waals surface area contributed by atoms with E-state index >= 15 is 0 Å². The van der Waals surface area contributed by atoms with Crippen LogP contribution in [0.5, 0.6) is 0 Å². The van der Waals surface area contributed by atoms with Crippen molar-refractivity contribution in [2.24, 2.45) is 0 Å². The number of oxazole rings is 1. The number of nitrogens with one attached hydrogen (secondary N) is 1. The van der Waals surface area contributed by atoms with Gasteiger partial charge < -0.3 is 9.73 Å². The van der Waals surface area contributed by atoms with E-state index in [1.54, 1.807) is 22.9 Å². The fourth-order valence-electron chi connectivity index (χ4n) is 3.35. The van der Waals surface area contributed by atoms with Crippen LogP contribution in [0.25, 0.3) is 22.5 Å². The number of non-ortho nitro benzene ring substituents is 1. The van der Waals surface area contributed by atoms with E-state index in [9.17, 15) is 19.7 Å². The fourth-order valence-corrected chi connectivity index (χ4v) is 3.35. The van der Waals surface area contributed by atoms with Crippen molar-refractivity contribution < 1.29 is 14.1 Å². The molecule has 2 heterocycles. The number of aromatic nitrogens is 5. The lowest BCUT2D eigenvalue weighted by molar-refractivity contribution is -0.384. The van der Waals surface area contributed by atoms with Crippen LogP contribution in [-0.4, -0.2) is 35.6 Å². The molecule has 156 valence electrons. The summed E-state index contributed by atoms with van der Waals surface area (Å²) in [5, 5.41) is 25.5. The number of tetrazole rings is 1. The van der Waals surface area contributed by atoms with Crippen LogP contribution in [0.2, 0.25) is 0 Å². The quantitative estimate of drug-likeness (QED) is 0.367. The van der Waals surface area contributed by atoms with Crippen LogP contribution in [0, 0.1) is 10.1 Å². The molecule has 31 heavy (non-hydrogen) atoms. The van der Waals surface area contributed by atoms with Crippen molar-refractivity contribution in [1.29, 1.82) is 0 Å². The lowest BCUT2D eigenvalue weighted by atomic mass is 10.2. The zero-order chi connectivity index (χ0) is 21.5. The van der Waals surface area contributed by atoms with Gasteiger partial charge in [-0.25, -0.2) is 9.48 Å². The van der Waals surface area contributed by atoms with Gasteiger partial charge in [0.2, 0.25) is 5.91 Å². The number of anilines is 1. The van der Waals surface area contributed by atoms with Crippen molar-refractivity contribution in [1.82, 2.24) is 24.8 Å². The van der Waals surface area contributed by atoms with Gasteiger partial charge in [0.05, 0.1) is 22.5 Å². The predicted molar refractivity (Wildman–Crippen MR) is 107 cm³/mol. The number of nitro benzene ring substituents is 1. The highest BCUT2D eigenvalue weighted by atomic mass is 16.6. The minimum atomic E-state index is -0.775. The van der Waals surface area contributed by atoms with Gasteiger partial charge in [-0.15, -0.1) is 5.10 Å². The van der Waals surface area contributed by atoms with Gasteiger partial charge in [0.1, 0.15) is 6.54 Å². The van der Waals surface area contributed by atoms with Gasteiger partial charge in [0.25, 0.3) is 5.69 Å². The number of carbonyl (C=O) groups excluding carboxylic acids is 1. The molecule has 1 aliphatic carbocycles. The number of hydrogen-bond acceptors (Lipinski definition) is 8. The van der Waals surface area contributed by atoms with Gasteiger partial charge in [-0.2, -0.15) is 0 Å². The number of rotatable bonds is 6. The first kappa shape index (κ1) is 18.7. The molecule has 12 heteroatoms. The molecular formula is C19H15N7O5. The Morgan fingerprint density at radius 3 is 2.87 bits per heavy atom. The van der Waals surface area contributed by atoms with Crippen LogP contribution in [0.4, 0.5) is 11.4 Å². The molecule has 1 N–H and O–H groups in total. The molecule has 0 radical (unpaired) electrons. The van der Waals surface area contributed by atoms with Crippen molar-refractivity contribution in [3.8, 4) is 11.4 Å². The second-order valence-electron chi connectivity index (χ2n) is 7.17. The van der Waals surface area contributed by atoms with Gasteiger partial charge >= 0.3 is 5.76 Å². The Morgan fingerprint density at radius 1 is 1.26 bits per heavy atom. The SMILES string of the molecule is O=C(Cn1c(=O)oc2cc([N+](=O)[O-])ccc21)Nc1cccc(-c2nnnn2C2CC2)c1. The molecule has 1 aliphatic rings. The normalized spacial score (nSPS) is 13.4. The third-order valence-electron chi connectivity index (χ3n) is 4.95. The number of carbonyl (C=O) groups is 1. The van der Waals surface area contributed by atoms with Gasteiger partial charge in [0.15, 0.2) is 11.4 Å². The summed E-state index contributed by atoms with van der Waals surface area (Å²) in [6.45, 7) is -0.312. The molecule has 1 saturated carbocycles. The molecule has 12 nitrogen and oxygen atoms in total. The lowest BCUT2D eigenvalue weighted by Crippen LogP contribution is -2.24. The van der Waals surface area contributed by atoms with Crippen molar-refractivity contribution in [2.75, 3.05) is 5.32 Å². The average molecular weight is 421 g/mol. The summed E-state index contributed by atoms with van der Waals surface area (Å²) in [6, 6.07) is 11.2. The summed E-state index contributed by atoms with van der Waals surface area (Å²) in [5.74, 6) is -0.609. The highest BCUT2D eigenvalue weighted by Gasteiger charge is 2.28. The van der Waals surface area contributed by atoms with Gasteiger partial charge in [-0.1, -0.05) is 12.1 Å². The largest absolute Gasteiger partial charge is 0.420 e. The molecule has 0 saturated heterocycles. The Balaban J connectivity index is 1.36. The monoisotopic (exact) mass is 421 g/mol. The Kier molecular flexibility index (Phi) is 4.31. The maximum absolute atomic E-state index is 12.6. The van der Waals surface area contributed by atoms with E-state index in [1.807, 2.05) is 6.07 Å². The van der Waals surface area contributed by atoms with Crippen molar-refractivity contribution in [3.63, 3.8) is 0 Å². The summed E-state index contributed by atoms with van der Waals surface area (Å²) >= 11 is 0. The minimum absolute atomic E-state index is 0.0425. The topological polar surface area (TPSA) is 151 Å². The first-order chi connectivity index (χ1) is 15.0. The first-order valence-electron chi connectivity index (χ1n) is 9.45. The summed E-state index contributed by atoms with van der Waals surface area (Å²) in [4.78, 5) is 35.0. The smallest absolute Gasteiger partial charge is 0.407 e. The zero-order valence-electron chi connectivity index (χ0n) is 16.0. The van der Waals surface area contributed by atoms with Crippen LogP contribution in [0.15, 0.2) is 51.7 Å². The predicted octanol–water partition coefficient (Wildman–Crippen LogP) is 2.13. The molecule has 2 aromatic carbocycles. The fraction of sp³-hybridized carbons (Fsp3) is 0.211. The maximum Gasteiger partial charge on any atom is 0.420 e. The Morgan fingerprint density at radius 2 is 2.10 bits per heavy atom. The minimum Gasteiger partial charge on any atom is -0.407 e. The van der Waals surface area contributed by atoms with E-state index < -0.39 is 16.6 Å². The second kappa shape index (κ2) is 7.16. The Labute approximate surface area is 173 Å². The van der Waals surface area contributed by atoms with Crippen LogP contribution in [0.3, 0.4) is 0 Å². The molecule has 1 fully saturated rings. The molecule has 4 aromatic rings. The maximum atomic E-state index is 12.6. The van der Waals surface area contributed by atoms with E-state index in [2.05, 4.69) is 20.8 Å². The summed E-state index contributed by atoms with van der Waals surface area (Å²) in [7, 11) is 0. The first-order valence-corrected chi connectivity index (χ1v) is 9.45. The van der Waals surface area contributed by atoms with E-state index in [4.69, 9.17) is 4.42 Å². The number of fused-ring (bicyclic) bond motifs is 1. The van der Waals surface area contributed by atoms with Gasteiger partial charge in [-0.3, -0.25) is 19.5 Å². The third kappa shape index (κ3) is 3.54. The standard InChI is InChI=1S/C19H15N7O5/c27-17(10-24-15-7-6-14(26(29)30)9-16(15)31-19(24)28)20-12-3-1-2-11(8-12)18-21-22-23-25(18)13-4-5-13/h1-3,6-9,13H,4-5,10H2,(H,20,27). The van der Waals surface area contributed by atoms with Crippen LogP contribution < -0.4 is 11.1 Å². The number of amides is 1.